The highest BCUT2D eigenvalue weighted by molar-refractivity contribution is 6.41. The summed E-state index contributed by atoms with van der Waals surface area (Å²) in [7, 11) is 0. The number of pyridine rings is 1. The second-order valence-corrected chi connectivity index (χ2v) is 39.0. The highest BCUT2D eigenvalue weighted by Crippen LogP contribution is 2.34. The van der Waals surface area contributed by atoms with E-state index in [1.807, 2.05) is 270 Å². The highest BCUT2D eigenvalue weighted by atomic mass is 35.5. The van der Waals surface area contributed by atoms with E-state index in [1.165, 1.54) is 19.3 Å². The van der Waals surface area contributed by atoms with Gasteiger partial charge in [0.05, 0.1) is 82.3 Å². The minimum absolute atomic E-state index is 0.00138. The van der Waals surface area contributed by atoms with Gasteiger partial charge in [0.2, 0.25) is 23.4 Å². The summed E-state index contributed by atoms with van der Waals surface area (Å²) in [4.78, 5) is 151. The number of nitrogens with one attached hydrogen (secondary N) is 1. The van der Waals surface area contributed by atoms with Crippen molar-refractivity contribution >= 4 is 168 Å². The number of benzene rings is 9. The van der Waals surface area contributed by atoms with Crippen molar-refractivity contribution in [3.8, 4) is 0 Å². The largest absolute Gasteiger partial charge is 0.481 e. The van der Waals surface area contributed by atoms with Gasteiger partial charge in [-0.2, -0.15) is 0 Å². The summed E-state index contributed by atoms with van der Waals surface area (Å²) in [5, 5.41) is 23.7. The van der Waals surface area contributed by atoms with Gasteiger partial charge in [-0.25, -0.2) is 24.7 Å². The van der Waals surface area contributed by atoms with E-state index in [0.717, 1.165) is 108 Å². The van der Waals surface area contributed by atoms with Crippen molar-refractivity contribution in [1.82, 2.24) is 58.6 Å². The van der Waals surface area contributed by atoms with E-state index in [2.05, 4.69) is 30.2 Å². The predicted octanol–water partition coefficient (Wildman–Crippen LogP) is 21.2. The number of piperidine rings is 4. The Labute approximate surface area is 885 Å². The van der Waals surface area contributed by atoms with Crippen molar-refractivity contribution in [2.75, 3.05) is 78.7 Å². The van der Waals surface area contributed by atoms with Gasteiger partial charge in [0.1, 0.15) is 5.71 Å². The van der Waals surface area contributed by atoms with Crippen molar-refractivity contribution in [2.45, 2.75) is 149 Å². The highest BCUT2D eigenvalue weighted by Gasteiger charge is 2.37. The predicted molar refractivity (Wildman–Crippen MR) is 575 cm³/mol. The number of fused-ring (bicyclic) bond motifs is 5. The lowest BCUT2D eigenvalue weighted by Crippen LogP contribution is -2.44. The van der Waals surface area contributed by atoms with E-state index < -0.39 is 11.9 Å². The zero-order valence-electron chi connectivity index (χ0n) is 83.1. The van der Waals surface area contributed by atoms with Crippen molar-refractivity contribution in [1.29, 1.82) is 0 Å². The van der Waals surface area contributed by atoms with Gasteiger partial charge in [0.15, 0.2) is 0 Å². The summed E-state index contributed by atoms with van der Waals surface area (Å²) in [5.41, 5.74) is 15.6. The SMILES string of the molecule is CCOC(=O)C1CCCCC1.CCOC(=O)C1CCN(C(=O)C2=Nc3ccccc3C2)CC1.CCOC(=O)C1CCN(C(=O)c2nc3ccccc3n2Cc2ccc(Cl)cc2)CC1.ClCc1ccc(Cl)cc1.O=C(NCCc1ccncc1)C1CCN(C(=O)c2nc3ccccc3n2Cc2ccc(Cl)cc2)CC1.O=C(O)C1=Cc2ccccc2C1.O=C(O)C1CCN(C(=O)c2nc3ccccc3n2Cc2ccc(Cl)cc2)CC1. The number of nitrogens with zero attached hydrogens (tertiary/aromatic N) is 12. The lowest BCUT2D eigenvalue weighted by Gasteiger charge is -2.31. The molecule has 5 aliphatic heterocycles. The van der Waals surface area contributed by atoms with Crippen molar-refractivity contribution < 1.29 is 72.4 Å². The number of aromatic nitrogens is 7. The quantitative estimate of drug-likeness (QED) is 0.0304. The smallest absolute Gasteiger partial charge is 0.331 e. The molecule has 772 valence electrons. The number of rotatable bonds is 23. The van der Waals surface area contributed by atoms with Crippen LogP contribution in [0.3, 0.4) is 0 Å². The van der Waals surface area contributed by atoms with Crippen LogP contribution in [0.25, 0.3) is 39.2 Å². The van der Waals surface area contributed by atoms with Crippen LogP contribution in [-0.4, -0.2) is 207 Å². The third-order valence-electron chi connectivity index (χ3n) is 27.0. The molecule has 9 aromatic carbocycles. The van der Waals surface area contributed by atoms with E-state index >= 15 is 0 Å². The molecule has 0 spiro atoms. The van der Waals surface area contributed by atoms with Crippen LogP contribution in [-0.2, 0) is 92.5 Å². The number of ether oxygens (including phenoxy) is 3. The Morgan fingerprint density at radius 1 is 0.372 bits per heavy atom. The summed E-state index contributed by atoms with van der Waals surface area (Å²) in [6.45, 7) is 13.1. The number of amides is 5. The molecule has 0 atom stereocenters. The van der Waals surface area contributed by atoms with Crippen LogP contribution in [0, 0.1) is 29.6 Å². The van der Waals surface area contributed by atoms with Crippen LogP contribution in [0.15, 0.2) is 253 Å². The summed E-state index contributed by atoms with van der Waals surface area (Å²) in [6.07, 6.45) is 17.7. The Balaban J connectivity index is 0.000000142. The minimum Gasteiger partial charge on any atom is -0.481 e. The Morgan fingerprint density at radius 3 is 1.10 bits per heavy atom. The summed E-state index contributed by atoms with van der Waals surface area (Å²) >= 11 is 29.2. The Morgan fingerprint density at radius 2 is 0.723 bits per heavy atom. The van der Waals surface area contributed by atoms with Crippen LogP contribution in [0.4, 0.5) is 5.69 Å². The van der Waals surface area contributed by atoms with Crippen LogP contribution < -0.4 is 5.32 Å². The number of esters is 3. The lowest BCUT2D eigenvalue weighted by atomic mass is 9.89. The second kappa shape index (κ2) is 54.7. The van der Waals surface area contributed by atoms with E-state index in [9.17, 15) is 53.1 Å². The van der Waals surface area contributed by atoms with Gasteiger partial charge >= 0.3 is 29.8 Å². The first-order chi connectivity index (χ1) is 71.8. The van der Waals surface area contributed by atoms with Gasteiger partial charge in [-0.15, -0.1) is 11.6 Å². The molecule has 2 aliphatic carbocycles. The lowest BCUT2D eigenvalue weighted by molar-refractivity contribution is -0.151. The number of carbonyl (C=O) groups is 10. The van der Waals surface area contributed by atoms with Gasteiger partial charge in [-0.1, -0.05) is 193 Å². The van der Waals surface area contributed by atoms with E-state index in [4.69, 9.17) is 77.3 Å². The average Bonchev–Trinajstić information content (AvgIpc) is 1.64. The first kappa shape index (κ1) is 110. The zero-order valence-corrected chi connectivity index (χ0v) is 86.9. The number of carbonyl (C=O) groups excluding carboxylic acids is 8. The summed E-state index contributed by atoms with van der Waals surface area (Å²) < 4.78 is 21.0. The Hall–Kier alpha value is -13.9. The maximum absolute atomic E-state index is 13.6. The third-order valence-corrected chi connectivity index (χ3v) is 28.4. The fourth-order valence-corrected chi connectivity index (χ4v) is 19.5. The number of likely N-dealkylation sites (tertiary alicyclic amines) is 4. The number of carboxylic acid groups (broad SMARTS) is 2. The normalized spacial score (nSPS) is 15.1. The van der Waals surface area contributed by atoms with Crippen molar-refractivity contribution in [3.05, 3.63) is 331 Å². The second-order valence-electron chi connectivity index (χ2n) is 37.0. The number of hydrogen-bond acceptors (Lipinski definition) is 18. The molecular weight excluding hydrogens is 1980 g/mol. The number of aliphatic carboxylic acids is 2. The van der Waals surface area contributed by atoms with Crippen LogP contribution in [0.5, 0.6) is 0 Å². The molecule has 0 radical (unpaired) electrons. The number of para-hydroxylation sites is 7. The van der Waals surface area contributed by atoms with Crippen LogP contribution in [0.2, 0.25) is 20.1 Å². The molecule has 5 fully saturated rings. The van der Waals surface area contributed by atoms with Crippen LogP contribution in [0.1, 0.15) is 181 Å². The molecule has 33 heteroatoms. The first-order valence-electron chi connectivity index (χ1n) is 50.4. The standard InChI is InChI=1S/C28H28ClN5O2.C23H24ClN3O3.C21H20ClN3O3.C17H20N2O3.C10H8O2.C9H16O2.C7H6Cl2/c29-23-7-5-21(6-8-23)19-34-25-4-2-1-3-24(25)32-26(34)28(36)33-17-12-22(13-18-33)27(35)31-16-11-20-9-14-30-15-10-20;1-2-30-23(29)17-11-13-26(14-12-17)22(28)21-25-19-5-3-4-6-20(19)27(21)15-16-7-9-18(24)10-8-16;22-16-7-5-14(6-8-16)13-25-18-4-2-1-3-17(18)23-19(25)20(26)24-11-9-15(10-12-24)21(27)28;1-2-22-17(21)12-7-9-19(10-8-12)16(20)15-11-13-5-3-4-6-14(13)18-15;11-10(12)9-5-7-3-1-2-4-8(7)6-9;1-2-11-9(10)8-6-4-3-5-7-8;8-5-6-1-3-7(9)4-2-6/h1-10,14-15,22H,11-13,16-19H2,(H,31,35);3-10,17H,2,11-15H2,1H3;1-8,15H,9-13H2,(H,27,28);3-6,12H,2,7-11H2,1H3;1-5H,6H2,(H,11,12);8H,2-7H2,1H3;1-4H,5H2. The molecule has 0 bridgehead atoms. The van der Waals surface area contributed by atoms with Crippen molar-refractivity contribution in [2.24, 2.45) is 34.6 Å². The van der Waals surface area contributed by atoms with E-state index in [-0.39, 0.29) is 77.0 Å². The number of carboxylic acids is 2. The molecule has 4 aromatic heterocycles. The van der Waals surface area contributed by atoms with Gasteiger partial charge in [0.25, 0.3) is 23.6 Å². The molecule has 28 nitrogen and oxygen atoms in total. The average molecular weight is 2100 g/mol. The summed E-state index contributed by atoms with van der Waals surface area (Å²) in [6, 6.07) is 72.9. The molecule has 1 saturated carbocycles. The summed E-state index contributed by atoms with van der Waals surface area (Å²) in [5.74, 6) is -0.888. The fourth-order valence-electron chi connectivity index (χ4n) is 18.8. The molecule has 7 aliphatic rings. The van der Waals surface area contributed by atoms with Crippen LogP contribution >= 0.6 is 58.0 Å². The molecule has 20 rings (SSSR count). The number of imidazole rings is 3. The maximum atomic E-state index is 13.6. The number of hydrogen-bond donors (Lipinski definition) is 3. The van der Waals surface area contributed by atoms with Gasteiger partial charge in [0, 0.05) is 141 Å². The maximum Gasteiger partial charge on any atom is 0.331 e. The number of halogens is 5. The molecular formula is C115H122Cl5N13O15. The van der Waals surface area contributed by atoms with E-state index in [1.54, 1.807) is 33.2 Å². The molecule has 4 saturated heterocycles. The molecule has 148 heavy (non-hydrogen) atoms. The third kappa shape index (κ3) is 30.2. The Kier molecular flexibility index (Phi) is 40.6. The Bertz CT molecular complexity index is 6800. The molecule has 5 amide bonds. The van der Waals surface area contributed by atoms with Gasteiger partial charge in [-0.05, 0) is 245 Å². The topological polar surface area (TPSA) is 343 Å². The van der Waals surface area contributed by atoms with Crippen molar-refractivity contribution in [3.63, 3.8) is 0 Å². The number of aliphatic imine (C=N–C) groups is 1. The fraction of sp³-hybridized carbons (Fsp3) is 0.348. The van der Waals surface area contributed by atoms with Gasteiger partial charge < -0.3 is 63.0 Å². The van der Waals surface area contributed by atoms with Gasteiger partial charge in [-0.3, -0.25) is 48.1 Å². The minimum atomic E-state index is -0.814. The molecule has 9 heterocycles. The molecule has 0 unspecified atom stereocenters. The first-order valence-corrected chi connectivity index (χ1v) is 52.5. The number of alkyl halides is 1. The molecule has 3 N–H and O–H groups in total. The molecule has 13 aromatic rings. The van der Waals surface area contributed by atoms with E-state index in [0.29, 0.717) is 212 Å². The monoisotopic (exact) mass is 2100 g/mol. The zero-order chi connectivity index (χ0) is 105.